The molecule has 4 atom stereocenters. The Hall–Kier alpha value is -0.160. The molecule has 2 aliphatic rings. The van der Waals surface area contributed by atoms with E-state index in [1.165, 1.54) is 0 Å². The van der Waals surface area contributed by atoms with Crippen LogP contribution in [-0.4, -0.2) is 44.7 Å². The summed E-state index contributed by atoms with van der Waals surface area (Å²) in [6.45, 7) is 1.43. The fourth-order valence-corrected chi connectivity index (χ4v) is 2.07. The molecular weight excluding hydrogens is 170 g/mol. The molecule has 2 aliphatic heterocycles. The maximum Gasteiger partial charge on any atom is 0.0988 e. The van der Waals surface area contributed by atoms with E-state index in [0.29, 0.717) is 6.61 Å². The van der Waals surface area contributed by atoms with Gasteiger partial charge in [0.25, 0.3) is 0 Å². The van der Waals surface area contributed by atoms with E-state index in [1.54, 1.807) is 7.11 Å². The summed E-state index contributed by atoms with van der Waals surface area (Å²) in [5, 5.41) is 0. The summed E-state index contributed by atoms with van der Waals surface area (Å²) in [7, 11) is 1.70. The summed E-state index contributed by atoms with van der Waals surface area (Å²) in [6.07, 6.45) is 2.20. The molecule has 0 spiro atoms. The molecule has 0 aromatic carbocycles. The SMILES string of the molecule is COC1COC2CCO[C@@H]2C(N)C1. The Kier molecular flexibility index (Phi) is 2.83. The Morgan fingerprint density at radius 3 is 3.00 bits per heavy atom. The van der Waals surface area contributed by atoms with Crippen LogP contribution >= 0.6 is 0 Å². The van der Waals surface area contributed by atoms with Gasteiger partial charge in [-0.3, -0.25) is 0 Å². The van der Waals surface area contributed by atoms with E-state index in [0.717, 1.165) is 19.4 Å². The molecule has 13 heavy (non-hydrogen) atoms. The second-order valence-electron chi connectivity index (χ2n) is 3.75. The monoisotopic (exact) mass is 187 g/mol. The molecule has 2 saturated heterocycles. The predicted molar refractivity (Wildman–Crippen MR) is 47.5 cm³/mol. The van der Waals surface area contributed by atoms with Gasteiger partial charge in [0.05, 0.1) is 24.9 Å². The lowest BCUT2D eigenvalue weighted by Crippen LogP contribution is -2.41. The molecule has 4 nitrogen and oxygen atoms in total. The van der Waals surface area contributed by atoms with Crippen molar-refractivity contribution in [2.45, 2.75) is 37.2 Å². The van der Waals surface area contributed by atoms with Gasteiger partial charge in [0.2, 0.25) is 0 Å². The Bertz CT molecular complexity index is 176. The van der Waals surface area contributed by atoms with Crippen molar-refractivity contribution >= 4 is 0 Å². The first-order valence-corrected chi connectivity index (χ1v) is 4.83. The second-order valence-corrected chi connectivity index (χ2v) is 3.75. The van der Waals surface area contributed by atoms with Crippen LogP contribution in [0.25, 0.3) is 0 Å². The lowest BCUT2D eigenvalue weighted by atomic mass is 10.0. The predicted octanol–water partition coefficient (Wildman–Crippen LogP) is -0.0935. The highest BCUT2D eigenvalue weighted by molar-refractivity contribution is 4.90. The molecule has 0 saturated carbocycles. The molecule has 0 aromatic heterocycles. The van der Waals surface area contributed by atoms with Crippen LogP contribution in [0.4, 0.5) is 0 Å². The van der Waals surface area contributed by atoms with Crippen molar-refractivity contribution in [3.05, 3.63) is 0 Å². The Balaban J connectivity index is 2.00. The zero-order chi connectivity index (χ0) is 9.26. The van der Waals surface area contributed by atoms with Crippen molar-refractivity contribution in [2.75, 3.05) is 20.3 Å². The molecular formula is C9H17NO3. The first-order chi connectivity index (χ1) is 6.31. The maximum atomic E-state index is 6.00. The summed E-state index contributed by atoms with van der Waals surface area (Å²) in [4.78, 5) is 0. The normalized spacial score (nSPS) is 45.7. The first kappa shape index (κ1) is 9.40. The molecule has 2 fully saturated rings. The molecule has 4 heteroatoms. The summed E-state index contributed by atoms with van der Waals surface area (Å²) in [5.41, 5.74) is 6.00. The van der Waals surface area contributed by atoms with Crippen molar-refractivity contribution in [1.29, 1.82) is 0 Å². The van der Waals surface area contributed by atoms with Crippen molar-refractivity contribution in [3.8, 4) is 0 Å². The highest BCUT2D eigenvalue weighted by Crippen LogP contribution is 2.25. The van der Waals surface area contributed by atoms with Crippen LogP contribution in [0.15, 0.2) is 0 Å². The van der Waals surface area contributed by atoms with E-state index in [9.17, 15) is 0 Å². The molecule has 2 heterocycles. The van der Waals surface area contributed by atoms with Gasteiger partial charge in [0.1, 0.15) is 0 Å². The van der Waals surface area contributed by atoms with Crippen LogP contribution in [0.1, 0.15) is 12.8 Å². The molecule has 2 N–H and O–H groups in total. The smallest absolute Gasteiger partial charge is 0.0988 e. The number of rotatable bonds is 1. The third kappa shape index (κ3) is 1.86. The number of fused-ring (bicyclic) bond motifs is 1. The minimum Gasteiger partial charge on any atom is -0.379 e. The molecule has 0 aliphatic carbocycles. The average Bonchev–Trinajstić information content (AvgIpc) is 2.54. The van der Waals surface area contributed by atoms with Crippen LogP contribution in [0, 0.1) is 0 Å². The van der Waals surface area contributed by atoms with Crippen molar-refractivity contribution in [1.82, 2.24) is 0 Å². The van der Waals surface area contributed by atoms with E-state index in [2.05, 4.69) is 0 Å². The van der Waals surface area contributed by atoms with Gasteiger partial charge in [-0.05, 0) is 12.8 Å². The molecule has 0 radical (unpaired) electrons. The fourth-order valence-electron chi connectivity index (χ4n) is 2.07. The van der Waals surface area contributed by atoms with Crippen molar-refractivity contribution in [2.24, 2.45) is 5.73 Å². The van der Waals surface area contributed by atoms with Gasteiger partial charge in [-0.2, -0.15) is 0 Å². The zero-order valence-electron chi connectivity index (χ0n) is 7.94. The highest BCUT2D eigenvalue weighted by Gasteiger charge is 2.38. The third-order valence-electron chi connectivity index (χ3n) is 2.87. The van der Waals surface area contributed by atoms with Gasteiger partial charge in [-0.15, -0.1) is 0 Å². The van der Waals surface area contributed by atoms with E-state index < -0.39 is 0 Å². The summed E-state index contributed by atoms with van der Waals surface area (Å²) >= 11 is 0. The largest absolute Gasteiger partial charge is 0.379 e. The van der Waals surface area contributed by atoms with Gasteiger partial charge in [-0.1, -0.05) is 0 Å². The summed E-state index contributed by atoms with van der Waals surface area (Å²) < 4.78 is 16.5. The standard InChI is InChI=1S/C9H17NO3/c1-11-6-4-7(10)9-8(13-5-6)2-3-12-9/h6-9H,2-5,10H2,1H3/t6?,7?,8?,9-/m1/s1. The zero-order valence-corrected chi connectivity index (χ0v) is 7.94. The molecule has 0 bridgehead atoms. The summed E-state index contributed by atoms with van der Waals surface area (Å²) in [6, 6.07) is 0.0555. The van der Waals surface area contributed by atoms with Gasteiger partial charge < -0.3 is 19.9 Å². The topological polar surface area (TPSA) is 53.7 Å². The minimum absolute atomic E-state index is 0.0555. The quantitative estimate of drug-likeness (QED) is 0.623. The molecule has 3 unspecified atom stereocenters. The highest BCUT2D eigenvalue weighted by atomic mass is 16.6. The molecule has 0 aromatic rings. The summed E-state index contributed by atoms with van der Waals surface area (Å²) in [5.74, 6) is 0. The van der Waals surface area contributed by atoms with Crippen LogP contribution in [0.3, 0.4) is 0 Å². The van der Waals surface area contributed by atoms with Crippen LogP contribution in [0.2, 0.25) is 0 Å². The fraction of sp³-hybridized carbons (Fsp3) is 1.00. The van der Waals surface area contributed by atoms with E-state index >= 15 is 0 Å². The molecule has 2 rings (SSSR count). The number of methoxy groups -OCH3 is 1. The minimum atomic E-state index is 0.0555. The van der Waals surface area contributed by atoms with Gasteiger partial charge >= 0.3 is 0 Å². The molecule has 76 valence electrons. The van der Waals surface area contributed by atoms with Crippen LogP contribution < -0.4 is 5.73 Å². The van der Waals surface area contributed by atoms with Gasteiger partial charge in [0, 0.05) is 19.8 Å². The lowest BCUT2D eigenvalue weighted by molar-refractivity contribution is -0.0282. The average molecular weight is 187 g/mol. The maximum absolute atomic E-state index is 6.00. The lowest BCUT2D eigenvalue weighted by Gasteiger charge is -2.20. The van der Waals surface area contributed by atoms with E-state index in [-0.39, 0.29) is 24.4 Å². The number of hydrogen-bond acceptors (Lipinski definition) is 4. The van der Waals surface area contributed by atoms with Gasteiger partial charge in [0.15, 0.2) is 0 Å². The van der Waals surface area contributed by atoms with Gasteiger partial charge in [-0.25, -0.2) is 0 Å². The Morgan fingerprint density at radius 1 is 1.38 bits per heavy atom. The number of hydrogen-bond donors (Lipinski definition) is 1. The second kappa shape index (κ2) is 3.92. The Labute approximate surface area is 78.3 Å². The van der Waals surface area contributed by atoms with Crippen molar-refractivity contribution in [3.63, 3.8) is 0 Å². The molecule has 0 amide bonds. The van der Waals surface area contributed by atoms with Crippen LogP contribution in [0.5, 0.6) is 0 Å². The van der Waals surface area contributed by atoms with E-state index in [4.69, 9.17) is 19.9 Å². The third-order valence-corrected chi connectivity index (χ3v) is 2.87. The van der Waals surface area contributed by atoms with Crippen LogP contribution in [-0.2, 0) is 14.2 Å². The Morgan fingerprint density at radius 2 is 2.23 bits per heavy atom. The van der Waals surface area contributed by atoms with E-state index in [1.807, 2.05) is 0 Å². The first-order valence-electron chi connectivity index (χ1n) is 4.83. The van der Waals surface area contributed by atoms with Crippen molar-refractivity contribution < 1.29 is 14.2 Å². The number of nitrogens with two attached hydrogens (primary N) is 1. The number of ether oxygens (including phenoxy) is 3.